The van der Waals surface area contributed by atoms with Crippen molar-refractivity contribution >= 4 is 6.09 Å². The van der Waals surface area contributed by atoms with Crippen molar-refractivity contribution in [1.29, 1.82) is 0 Å². The van der Waals surface area contributed by atoms with Crippen LogP contribution in [-0.2, 0) is 4.74 Å². The minimum Gasteiger partial charge on any atom is -0.508 e. The van der Waals surface area contributed by atoms with Gasteiger partial charge in [0.1, 0.15) is 11.5 Å². The summed E-state index contributed by atoms with van der Waals surface area (Å²) in [7, 11) is 0. The van der Waals surface area contributed by atoms with Crippen LogP contribution >= 0.6 is 0 Å². The highest BCUT2D eigenvalue weighted by Crippen LogP contribution is 2.15. The number of benzene rings is 1. The number of carbonyl (C=O) groups excluding carboxylic acids is 1. The van der Waals surface area contributed by atoms with Crippen LogP contribution in [0.3, 0.4) is 0 Å². The van der Waals surface area contributed by atoms with E-state index in [1.165, 1.54) is 95.2 Å². The zero-order valence-corrected chi connectivity index (χ0v) is 21.0. The minimum absolute atomic E-state index is 0.0880. The number of carbonyl (C=O) groups is 1. The number of aromatic hydroxyl groups is 2. The second-order valence-corrected chi connectivity index (χ2v) is 8.45. The smallest absolute Gasteiger partial charge is 0.409 e. The van der Waals surface area contributed by atoms with E-state index in [0.717, 1.165) is 25.9 Å². The second kappa shape index (κ2) is 22.3. The Bertz CT molecular complexity index is 515. The maximum absolute atomic E-state index is 12.1. The predicted molar refractivity (Wildman–Crippen MR) is 134 cm³/mol. The number of ether oxygens (including phenoxy) is 1. The molecule has 5 heteroatoms. The monoisotopic (exact) mass is 451 g/mol. The van der Waals surface area contributed by atoms with Crippen molar-refractivity contribution in [1.82, 2.24) is 4.90 Å². The first-order valence-corrected chi connectivity index (χ1v) is 12.9. The molecular weight excluding hydrogens is 402 g/mol. The predicted octanol–water partition coefficient (Wildman–Crippen LogP) is 8.04. The summed E-state index contributed by atoms with van der Waals surface area (Å²) in [4.78, 5) is 14.0. The van der Waals surface area contributed by atoms with E-state index in [0.29, 0.717) is 6.61 Å². The van der Waals surface area contributed by atoms with Crippen LogP contribution in [0.15, 0.2) is 24.3 Å². The second-order valence-electron chi connectivity index (χ2n) is 8.45. The van der Waals surface area contributed by atoms with Crippen LogP contribution in [0, 0.1) is 0 Å². The van der Waals surface area contributed by atoms with E-state index < -0.39 is 0 Å². The summed E-state index contributed by atoms with van der Waals surface area (Å²) in [6.45, 7) is 8.59. The molecule has 1 aromatic rings. The topological polar surface area (TPSA) is 70.0 Å². The maximum atomic E-state index is 12.1. The van der Waals surface area contributed by atoms with E-state index >= 15 is 0 Å². The van der Waals surface area contributed by atoms with Crippen molar-refractivity contribution in [2.45, 2.75) is 111 Å². The van der Waals surface area contributed by atoms with Crippen LogP contribution in [0.4, 0.5) is 4.79 Å². The van der Waals surface area contributed by atoms with Crippen molar-refractivity contribution in [3.05, 3.63) is 24.3 Å². The Labute approximate surface area is 197 Å². The molecule has 0 radical (unpaired) electrons. The molecular formula is C27H49NO4. The SMILES string of the molecule is CCCCCCCCCN(CCCCCCCCC)C(=O)OCC.Oc1cccc(O)c1. The Morgan fingerprint density at radius 3 is 1.47 bits per heavy atom. The lowest BCUT2D eigenvalue weighted by atomic mass is 10.1. The third-order valence-electron chi connectivity index (χ3n) is 5.42. The number of unbranched alkanes of at least 4 members (excludes halogenated alkanes) is 12. The van der Waals surface area contributed by atoms with Gasteiger partial charge in [0.25, 0.3) is 0 Å². The maximum Gasteiger partial charge on any atom is 0.409 e. The van der Waals surface area contributed by atoms with Crippen LogP contribution in [0.2, 0.25) is 0 Å². The quantitative estimate of drug-likeness (QED) is 0.235. The third kappa shape index (κ3) is 18.8. The lowest BCUT2D eigenvalue weighted by Gasteiger charge is -2.22. The summed E-state index contributed by atoms with van der Waals surface area (Å²) in [5.74, 6) is 0.176. The largest absolute Gasteiger partial charge is 0.508 e. The van der Waals surface area contributed by atoms with Gasteiger partial charge in [-0.1, -0.05) is 97.0 Å². The fraction of sp³-hybridized carbons (Fsp3) is 0.741. The lowest BCUT2D eigenvalue weighted by molar-refractivity contribution is 0.105. The number of hydrogen-bond acceptors (Lipinski definition) is 4. The fourth-order valence-electron chi connectivity index (χ4n) is 3.52. The average Bonchev–Trinajstić information content (AvgIpc) is 2.77. The number of nitrogens with zero attached hydrogens (tertiary/aromatic N) is 1. The van der Waals surface area contributed by atoms with Gasteiger partial charge < -0.3 is 19.8 Å². The summed E-state index contributed by atoms with van der Waals surface area (Å²) >= 11 is 0. The molecule has 1 amide bonds. The highest BCUT2D eigenvalue weighted by atomic mass is 16.6. The van der Waals surface area contributed by atoms with Gasteiger partial charge in [-0.05, 0) is 31.9 Å². The van der Waals surface area contributed by atoms with Crippen molar-refractivity contribution in [2.24, 2.45) is 0 Å². The molecule has 0 aliphatic rings. The number of phenols is 2. The van der Waals surface area contributed by atoms with E-state index in [1.807, 2.05) is 11.8 Å². The molecule has 2 N–H and O–H groups in total. The van der Waals surface area contributed by atoms with Crippen LogP contribution in [-0.4, -0.2) is 40.9 Å². The molecule has 32 heavy (non-hydrogen) atoms. The zero-order valence-electron chi connectivity index (χ0n) is 21.0. The Hall–Kier alpha value is -1.91. The first-order valence-electron chi connectivity index (χ1n) is 12.9. The molecule has 0 saturated heterocycles. The Balaban J connectivity index is 0.000000995. The Kier molecular flexibility index (Phi) is 21.0. The molecule has 0 atom stereocenters. The van der Waals surface area contributed by atoms with Crippen LogP contribution in [0.5, 0.6) is 11.5 Å². The van der Waals surface area contributed by atoms with Gasteiger partial charge in [0, 0.05) is 19.2 Å². The molecule has 0 aliphatic carbocycles. The zero-order chi connectivity index (χ0) is 23.9. The summed E-state index contributed by atoms with van der Waals surface area (Å²) in [6.07, 6.45) is 17.9. The lowest BCUT2D eigenvalue weighted by Crippen LogP contribution is -2.33. The normalized spacial score (nSPS) is 10.3. The van der Waals surface area contributed by atoms with Gasteiger partial charge in [-0.25, -0.2) is 4.79 Å². The van der Waals surface area contributed by atoms with E-state index in [9.17, 15) is 4.79 Å². The Morgan fingerprint density at radius 2 is 1.12 bits per heavy atom. The molecule has 0 spiro atoms. The molecule has 1 rings (SSSR count). The standard InChI is InChI=1S/C21H43NO2.C6H6O2/c1-4-7-9-11-13-15-17-19-22(21(23)24-6-3)20-18-16-14-12-10-8-5-2;7-5-2-1-3-6(8)4-5/h4-20H2,1-3H3;1-4,7-8H. The molecule has 0 saturated carbocycles. The Morgan fingerprint density at radius 1 is 0.719 bits per heavy atom. The minimum atomic E-state index is -0.116. The summed E-state index contributed by atoms with van der Waals surface area (Å²) < 4.78 is 5.21. The van der Waals surface area contributed by atoms with Crippen LogP contribution in [0.1, 0.15) is 111 Å². The first kappa shape index (κ1) is 30.1. The molecule has 0 aromatic heterocycles. The van der Waals surface area contributed by atoms with E-state index in [1.54, 1.807) is 6.07 Å². The molecule has 0 aliphatic heterocycles. The van der Waals surface area contributed by atoms with Gasteiger partial charge in [-0.15, -0.1) is 0 Å². The first-order chi connectivity index (χ1) is 15.5. The van der Waals surface area contributed by atoms with Gasteiger partial charge in [0.05, 0.1) is 6.61 Å². The molecule has 0 heterocycles. The van der Waals surface area contributed by atoms with Gasteiger partial charge in [0.2, 0.25) is 0 Å². The highest BCUT2D eigenvalue weighted by Gasteiger charge is 2.13. The van der Waals surface area contributed by atoms with E-state index in [2.05, 4.69) is 13.8 Å². The number of hydrogen-bond donors (Lipinski definition) is 2. The third-order valence-corrected chi connectivity index (χ3v) is 5.42. The summed E-state index contributed by atoms with van der Waals surface area (Å²) in [5, 5.41) is 17.3. The highest BCUT2D eigenvalue weighted by molar-refractivity contribution is 5.67. The van der Waals surface area contributed by atoms with Crippen LogP contribution in [0.25, 0.3) is 0 Å². The molecule has 0 unspecified atom stereocenters. The molecule has 5 nitrogen and oxygen atoms in total. The number of rotatable bonds is 17. The van der Waals surface area contributed by atoms with Crippen molar-refractivity contribution in [2.75, 3.05) is 19.7 Å². The molecule has 1 aromatic carbocycles. The molecule has 186 valence electrons. The van der Waals surface area contributed by atoms with Gasteiger partial charge >= 0.3 is 6.09 Å². The van der Waals surface area contributed by atoms with Crippen molar-refractivity contribution in [3.8, 4) is 11.5 Å². The number of phenolic OH excluding ortho intramolecular Hbond substituents is 2. The fourth-order valence-corrected chi connectivity index (χ4v) is 3.52. The van der Waals surface area contributed by atoms with Gasteiger partial charge in [0.15, 0.2) is 0 Å². The van der Waals surface area contributed by atoms with Gasteiger partial charge in [-0.3, -0.25) is 0 Å². The van der Waals surface area contributed by atoms with E-state index in [-0.39, 0.29) is 17.6 Å². The average molecular weight is 452 g/mol. The summed E-state index contributed by atoms with van der Waals surface area (Å²) in [6, 6.07) is 5.85. The summed E-state index contributed by atoms with van der Waals surface area (Å²) in [5.41, 5.74) is 0. The van der Waals surface area contributed by atoms with Gasteiger partial charge in [-0.2, -0.15) is 0 Å². The van der Waals surface area contributed by atoms with Crippen molar-refractivity contribution in [3.63, 3.8) is 0 Å². The van der Waals surface area contributed by atoms with E-state index in [4.69, 9.17) is 14.9 Å². The number of amides is 1. The van der Waals surface area contributed by atoms with Crippen LogP contribution < -0.4 is 0 Å². The van der Waals surface area contributed by atoms with Crippen molar-refractivity contribution < 1.29 is 19.7 Å². The molecule has 0 fully saturated rings. The molecule has 0 bridgehead atoms.